The molecule has 1 heterocycles. The summed E-state index contributed by atoms with van der Waals surface area (Å²) in [6.45, 7) is -2.53. The first-order valence-corrected chi connectivity index (χ1v) is 2.20. The zero-order valence-electron chi connectivity index (χ0n) is 7.39. The van der Waals surface area contributed by atoms with Crippen LogP contribution in [-0.2, 0) is 6.98 Å². The Morgan fingerprint density at radius 1 is 1.89 bits per heavy atom. The van der Waals surface area contributed by atoms with Crippen LogP contribution in [0, 0.1) is 0 Å². The lowest BCUT2D eigenvalue weighted by Crippen LogP contribution is -2.35. The first-order valence-electron chi connectivity index (χ1n) is 3.70. The van der Waals surface area contributed by atoms with Crippen LogP contribution in [0.15, 0.2) is 6.20 Å². The summed E-state index contributed by atoms with van der Waals surface area (Å²) in [4.78, 5) is 0. The Labute approximate surface area is 56.3 Å². The highest BCUT2D eigenvalue weighted by molar-refractivity contribution is 6.57. The van der Waals surface area contributed by atoms with Crippen LogP contribution in [0.5, 0.6) is 0 Å². The van der Waals surface area contributed by atoms with Crippen LogP contribution in [-0.4, -0.2) is 32.2 Å². The van der Waals surface area contributed by atoms with Crippen molar-refractivity contribution < 1.29 is 14.2 Å². The number of aryl methyl sites for hydroxylation is 1. The average Bonchev–Trinajstić information content (AvgIpc) is 2.30. The second kappa shape index (κ2) is 2.16. The third-order valence-corrected chi connectivity index (χ3v) is 0.840. The molecule has 0 atom stereocenters. The molecule has 48 valence electrons. The number of rotatable bonds is 1. The highest BCUT2D eigenvalue weighted by Crippen LogP contribution is 1.72. The van der Waals surface area contributed by atoms with Crippen molar-refractivity contribution in [3.05, 3.63) is 6.20 Å². The van der Waals surface area contributed by atoms with Crippen LogP contribution in [0.25, 0.3) is 0 Å². The van der Waals surface area contributed by atoms with Gasteiger partial charge in [-0.25, -0.2) is 0 Å². The summed E-state index contributed by atoms with van der Waals surface area (Å²) >= 11 is 0. The number of hydrogen-bond acceptors (Lipinski definition) is 4. The Morgan fingerprint density at radius 3 is 3.11 bits per heavy atom. The molecule has 5 nitrogen and oxygen atoms in total. The van der Waals surface area contributed by atoms with E-state index < -0.39 is 14.1 Å². The van der Waals surface area contributed by atoms with Crippen LogP contribution in [0.1, 0.15) is 4.11 Å². The molecule has 0 aromatic carbocycles. The van der Waals surface area contributed by atoms with Crippen LogP contribution in [0.3, 0.4) is 0 Å². The summed E-state index contributed by atoms with van der Waals surface area (Å²) < 4.78 is 21.2. The minimum Gasteiger partial charge on any atom is -0.422 e. The molecule has 2 N–H and O–H groups in total. The van der Waals surface area contributed by atoms with Crippen molar-refractivity contribution in [3.63, 3.8) is 0 Å². The summed E-state index contributed by atoms with van der Waals surface area (Å²) in [5.41, 5.74) is -0.255. The molecular formula is C3H6BN3O2. The maximum Gasteiger partial charge on any atom is 0.509 e. The highest BCUT2D eigenvalue weighted by atomic mass is 16.4. The number of hydrogen-bond donors (Lipinski definition) is 2. The molecule has 1 aromatic heterocycles. The lowest BCUT2D eigenvalue weighted by molar-refractivity contribution is 0.421. The topological polar surface area (TPSA) is 71.2 Å². The zero-order valence-corrected chi connectivity index (χ0v) is 4.39. The molecule has 0 aliphatic heterocycles. The SMILES string of the molecule is [2H]C([2H])([2H])n1nncc1B(O)O. The Balaban J connectivity index is 3.08. The van der Waals surface area contributed by atoms with Gasteiger partial charge in [0.25, 0.3) is 0 Å². The average molecular weight is 130 g/mol. The Hall–Kier alpha value is -0.875. The Morgan fingerprint density at radius 2 is 2.67 bits per heavy atom. The largest absolute Gasteiger partial charge is 0.509 e. The van der Waals surface area contributed by atoms with Gasteiger partial charge in [0.1, 0.15) is 0 Å². The van der Waals surface area contributed by atoms with Crippen molar-refractivity contribution in [1.29, 1.82) is 0 Å². The molecule has 0 spiro atoms. The van der Waals surface area contributed by atoms with Crippen molar-refractivity contribution in [2.75, 3.05) is 0 Å². The zero-order chi connectivity index (χ0) is 9.35. The fraction of sp³-hybridized carbons (Fsp3) is 0.333. The van der Waals surface area contributed by atoms with E-state index >= 15 is 0 Å². The van der Waals surface area contributed by atoms with E-state index in [1.165, 1.54) is 0 Å². The Bertz CT molecular complexity index is 272. The molecule has 0 amide bonds. The minimum absolute atomic E-state index is 0.255. The van der Waals surface area contributed by atoms with E-state index in [1.807, 2.05) is 0 Å². The van der Waals surface area contributed by atoms with Gasteiger partial charge in [-0.15, -0.1) is 5.10 Å². The summed E-state index contributed by atoms with van der Waals surface area (Å²) in [7, 11) is -1.87. The van der Waals surface area contributed by atoms with Crippen molar-refractivity contribution in [1.82, 2.24) is 15.0 Å². The predicted molar refractivity (Wildman–Crippen MR) is 30.8 cm³/mol. The molecule has 0 saturated heterocycles. The predicted octanol–water partition coefficient (Wildman–Crippen LogP) is -2.51. The van der Waals surface area contributed by atoms with Gasteiger partial charge in [-0.05, 0) is 0 Å². The van der Waals surface area contributed by atoms with Gasteiger partial charge in [-0.1, -0.05) is 5.21 Å². The van der Waals surface area contributed by atoms with Gasteiger partial charge < -0.3 is 10.0 Å². The van der Waals surface area contributed by atoms with Crippen LogP contribution in [0.2, 0.25) is 0 Å². The van der Waals surface area contributed by atoms with E-state index in [-0.39, 0.29) is 5.59 Å². The van der Waals surface area contributed by atoms with Crippen LogP contribution in [0.4, 0.5) is 0 Å². The van der Waals surface area contributed by atoms with E-state index in [0.29, 0.717) is 4.68 Å². The Kier molecular flexibility index (Phi) is 0.800. The molecule has 6 heteroatoms. The molecule has 0 saturated carbocycles. The van der Waals surface area contributed by atoms with Crippen molar-refractivity contribution in [2.45, 2.75) is 0 Å². The lowest BCUT2D eigenvalue weighted by atomic mass is 9.87. The molecule has 1 rings (SSSR count). The maximum absolute atomic E-state index is 8.66. The van der Waals surface area contributed by atoms with Crippen molar-refractivity contribution in [2.24, 2.45) is 6.98 Å². The summed E-state index contributed by atoms with van der Waals surface area (Å²) in [5.74, 6) is 0. The highest BCUT2D eigenvalue weighted by Gasteiger charge is 2.14. The van der Waals surface area contributed by atoms with Gasteiger partial charge in [-0.2, -0.15) is 0 Å². The molecule has 0 fully saturated rings. The molecule has 0 unspecified atom stereocenters. The van der Waals surface area contributed by atoms with E-state index in [2.05, 4.69) is 10.3 Å². The smallest absolute Gasteiger partial charge is 0.422 e. The van der Waals surface area contributed by atoms with E-state index in [1.54, 1.807) is 0 Å². The third-order valence-electron chi connectivity index (χ3n) is 0.840. The fourth-order valence-corrected chi connectivity index (χ4v) is 0.419. The van der Waals surface area contributed by atoms with Gasteiger partial charge in [0.15, 0.2) is 0 Å². The molecule has 0 bridgehead atoms. The van der Waals surface area contributed by atoms with Crippen molar-refractivity contribution >= 4 is 12.7 Å². The van der Waals surface area contributed by atoms with Gasteiger partial charge in [0.05, 0.1) is 11.8 Å². The van der Waals surface area contributed by atoms with Gasteiger partial charge in [0, 0.05) is 11.1 Å². The normalized spacial score (nSPS) is 16.0. The summed E-state index contributed by atoms with van der Waals surface area (Å²) in [5, 5.41) is 23.8. The molecule has 0 radical (unpaired) electrons. The molecule has 0 aliphatic carbocycles. The standard InChI is InChI=1S/C3H6BN3O2/c1-7-3(4(8)9)2-5-6-7/h2,8-9H,1H3/i1D3. The molecule has 9 heavy (non-hydrogen) atoms. The van der Waals surface area contributed by atoms with E-state index in [0.717, 1.165) is 6.20 Å². The van der Waals surface area contributed by atoms with E-state index in [4.69, 9.17) is 14.2 Å². The second-order valence-corrected chi connectivity index (χ2v) is 1.44. The molecule has 1 aromatic rings. The second-order valence-electron chi connectivity index (χ2n) is 1.44. The monoisotopic (exact) mass is 130 g/mol. The van der Waals surface area contributed by atoms with E-state index in [9.17, 15) is 0 Å². The van der Waals surface area contributed by atoms with Gasteiger partial charge in [0.2, 0.25) is 0 Å². The maximum atomic E-state index is 8.66. The first kappa shape index (κ1) is 3.33. The van der Waals surface area contributed by atoms with Crippen LogP contribution < -0.4 is 5.59 Å². The number of nitrogens with zero attached hydrogens (tertiary/aromatic N) is 3. The molecule has 0 aliphatic rings. The summed E-state index contributed by atoms with van der Waals surface area (Å²) in [6.07, 6.45) is 0.983. The quantitative estimate of drug-likeness (QED) is 0.412. The van der Waals surface area contributed by atoms with Gasteiger partial charge in [-0.3, -0.25) is 4.68 Å². The third kappa shape index (κ3) is 1.09. The minimum atomic E-state index is -2.53. The van der Waals surface area contributed by atoms with Crippen molar-refractivity contribution in [3.8, 4) is 0 Å². The van der Waals surface area contributed by atoms with Crippen LogP contribution >= 0.6 is 0 Å². The van der Waals surface area contributed by atoms with Gasteiger partial charge >= 0.3 is 7.12 Å². The fourth-order valence-electron chi connectivity index (χ4n) is 0.419. The summed E-state index contributed by atoms with van der Waals surface area (Å²) in [6, 6.07) is 0. The molecular weight excluding hydrogens is 121 g/mol. The number of aromatic nitrogens is 3. The lowest BCUT2D eigenvalue weighted by Gasteiger charge is -1.94. The first-order chi connectivity index (χ1) is 5.43.